The van der Waals surface area contributed by atoms with Gasteiger partial charge in [-0.25, -0.2) is 4.79 Å². The van der Waals surface area contributed by atoms with Gasteiger partial charge in [-0.3, -0.25) is 5.32 Å². The van der Waals surface area contributed by atoms with Crippen LogP contribution in [0.25, 0.3) is 0 Å². The van der Waals surface area contributed by atoms with Crippen molar-refractivity contribution in [3.8, 4) is 0 Å². The Morgan fingerprint density at radius 1 is 1.25 bits per heavy atom. The fourth-order valence-corrected chi connectivity index (χ4v) is 1.65. The lowest BCUT2D eigenvalue weighted by Gasteiger charge is -2.20. The zero-order valence-electron chi connectivity index (χ0n) is 12.6. The first-order valence-corrected chi connectivity index (χ1v) is 6.59. The second-order valence-electron chi connectivity index (χ2n) is 6.04. The molecule has 1 amide bonds. The summed E-state index contributed by atoms with van der Waals surface area (Å²) in [5.74, 6) is 0.202. The smallest absolute Gasteiger partial charge is 0.444 e. The lowest BCUT2D eigenvalue weighted by atomic mass is 9.78. The minimum Gasteiger partial charge on any atom is -0.444 e. The molecule has 0 aliphatic carbocycles. The fraction of sp³-hybridized carbons (Fsp3) is 0.500. The number of ether oxygens (including phenoxy) is 1. The van der Waals surface area contributed by atoms with E-state index in [2.05, 4.69) is 5.32 Å². The molecule has 0 aliphatic rings. The van der Waals surface area contributed by atoms with Crippen LogP contribution < -0.4 is 10.8 Å². The first-order valence-electron chi connectivity index (χ1n) is 6.59. The van der Waals surface area contributed by atoms with Gasteiger partial charge in [-0.15, -0.1) is 0 Å². The monoisotopic (exact) mass is 279 g/mol. The van der Waals surface area contributed by atoms with E-state index in [0.29, 0.717) is 11.2 Å². The van der Waals surface area contributed by atoms with Crippen molar-refractivity contribution in [2.24, 2.45) is 0 Å². The number of amides is 1. The van der Waals surface area contributed by atoms with Crippen LogP contribution in [0.2, 0.25) is 0 Å². The molecule has 0 bridgehead atoms. The fourth-order valence-electron chi connectivity index (χ4n) is 1.65. The van der Waals surface area contributed by atoms with Crippen molar-refractivity contribution in [1.29, 1.82) is 0 Å². The van der Waals surface area contributed by atoms with Gasteiger partial charge in [0.15, 0.2) is 0 Å². The van der Waals surface area contributed by atoms with Crippen LogP contribution >= 0.6 is 0 Å². The third-order valence-corrected chi connectivity index (χ3v) is 2.59. The Labute approximate surface area is 120 Å². The zero-order valence-corrected chi connectivity index (χ0v) is 12.6. The maximum Gasteiger partial charge on any atom is 0.488 e. The van der Waals surface area contributed by atoms with E-state index in [1.54, 1.807) is 32.9 Å². The van der Waals surface area contributed by atoms with Gasteiger partial charge >= 0.3 is 13.2 Å². The zero-order chi connectivity index (χ0) is 15.5. The van der Waals surface area contributed by atoms with Crippen molar-refractivity contribution in [3.63, 3.8) is 0 Å². The lowest BCUT2D eigenvalue weighted by molar-refractivity contribution is 0.0636. The van der Waals surface area contributed by atoms with Gasteiger partial charge < -0.3 is 14.8 Å². The highest BCUT2D eigenvalue weighted by Gasteiger charge is 2.18. The lowest BCUT2D eigenvalue weighted by Crippen LogP contribution is -2.31. The van der Waals surface area contributed by atoms with E-state index < -0.39 is 18.8 Å². The Morgan fingerprint density at radius 2 is 1.85 bits per heavy atom. The molecular weight excluding hydrogens is 257 g/mol. The predicted molar refractivity (Wildman–Crippen MR) is 80.2 cm³/mol. The van der Waals surface area contributed by atoms with Gasteiger partial charge in [0.25, 0.3) is 0 Å². The molecule has 6 heteroatoms. The van der Waals surface area contributed by atoms with Crippen LogP contribution in [0.1, 0.15) is 46.1 Å². The molecule has 0 aliphatic heterocycles. The first-order chi connectivity index (χ1) is 9.08. The Morgan fingerprint density at radius 3 is 2.30 bits per heavy atom. The molecule has 3 N–H and O–H groups in total. The number of anilines is 1. The van der Waals surface area contributed by atoms with Gasteiger partial charge in [-0.05, 0) is 49.8 Å². The van der Waals surface area contributed by atoms with Gasteiger partial charge in [0.05, 0.1) is 0 Å². The third kappa shape index (κ3) is 5.23. The summed E-state index contributed by atoms with van der Waals surface area (Å²) in [6.45, 7) is 9.31. The number of nitrogens with one attached hydrogen (secondary N) is 1. The van der Waals surface area contributed by atoms with E-state index in [9.17, 15) is 14.8 Å². The van der Waals surface area contributed by atoms with Crippen LogP contribution in [0.5, 0.6) is 0 Å². The molecule has 0 heterocycles. The third-order valence-electron chi connectivity index (χ3n) is 2.59. The summed E-state index contributed by atoms with van der Waals surface area (Å²) in [5.41, 5.74) is 1.14. The molecule has 0 unspecified atom stereocenters. The van der Waals surface area contributed by atoms with Crippen molar-refractivity contribution in [2.75, 3.05) is 5.32 Å². The van der Waals surface area contributed by atoms with E-state index in [1.165, 1.54) is 6.07 Å². The summed E-state index contributed by atoms with van der Waals surface area (Å²) >= 11 is 0. The molecule has 0 spiro atoms. The van der Waals surface area contributed by atoms with Crippen LogP contribution in [0, 0.1) is 0 Å². The summed E-state index contributed by atoms with van der Waals surface area (Å²) < 4.78 is 5.17. The molecule has 110 valence electrons. The van der Waals surface area contributed by atoms with E-state index >= 15 is 0 Å². The Hall–Kier alpha value is -1.53. The van der Waals surface area contributed by atoms with Crippen molar-refractivity contribution in [3.05, 3.63) is 23.8 Å². The first kappa shape index (κ1) is 16.5. The Bertz CT molecular complexity index is 454. The minimum atomic E-state index is -1.58. The summed E-state index contributed by atoms with van der Waals surface area (Å²) in [5, 5.41) is 21.2. The number of benzene rings is 1. The van der Waals surface area contributed by atoms with Gasteiger partial charge in [-0.1, -0.05) is 19.9 Å². The van der Waals surface area contributed by atoms with E-state index in [1.807, 2.05) is 13.8 Å². The van der Waals surface area contributed by atoms with Gasteiger partial charge in [0.2, 0.25) is 0 Å². The predicted octanol–water partition coefficient (Wildman–Crippen LogP) is 1.84. The second kappa shape index (κ2) is 6.28. The van der Waals surface area contributed by atoms with Crippen LogP contribution in [0.3, 0.4) is 0 Å². The average Bonchev–Trinajstić information content (AvgIpc) is 2.25. The Kier molecular flexibility index (Phi) is 5.19. The van der Waals surface area contributed by atoms with Crippen molar-refractivity contribution < 1.29 is 19.6 Å². The molecule has 1 aromatic rings. The van der Waals surface area contributed by atoms with Crippen LogP contribution in [0.15, 0.2) is 18.2 Å². The van der Waals surface area contributed by atoms with Crippen LogP contribution in [-0.4, -0.2) is 28.9 Å². The topological polar surface area (TPSA) is 78.8 Å². The summed E-state index contributed by atoms with van der Waals surface area (Å²) in [6, 6.07) is 5.01. The summed E-state index contributed by atoms with van der Waals surface area (Å²) in [4.78, 5) is 11.7. The molecule has 0 saturated carbocycles. The molecule has 0 fully saturated rings. The summed E-state index contributed by atoms with van der Waals surface area (Å²) in [7, 11) is -1.58. The average molecular weight is 279 g/mol. The highest BCUT2D eigenvalue weighted by atomic mass is 16.6. The molecule has 0 radical (unpaired) electrons. The maximum atomic E-state index is 11.7. The van der Waals surface area contributed by atoms with Crippen molar-refractivity contribution in [2.45, 2.75) is 46.1 Å². The molecule has 0 saturated heterocycles. The summed E-state index contributed by atoms with van der Waals surface area (Å²) in [6.07, 6.45) is -0.572. The maximum absolute atomic E-state index is 11.7. The van der Waals surface area contributed by atoms with Crippen molar-refractivity contribution in [1.82, 2.24) is 0 Å². The quantitative estimate of drug-likeness (QED) is 0.738. The number of carbonyl (C=O) groups is 1. The molecule has 0 aromatic heterocycles. The van der Waals surface area contributed by atoms with Crippen LogP contribution in [0.4, 0.5) is 10.5 Å². The molecular formula is C14H22BNO4. The molecule has 5 nitrogen and oxygen atoms in total. The number of hydrogen-bond acceptors (Lipinski definition) is 4. The second-order valence-corrected chi connectivity index (χ2v) is 6.04. The normalized spacial score (nSPS) is 11.4. The largest absolute Gasteiger partial charge is 0.488 e. The molecule has 0 atom stereocenters. The van der Waals surface area contributed by atoms with Crippen LogP contribution in [-0.2, 0) is 4.74 Å². The number of hydrogen-bond donors (Lipinski definition) is 3. The highest BCUT2D eigenvalue weighted by Crippen LogP contribution is 2.18. The standard InChI is InChI=1S/C14H22BNO4/c1-9(2)10-6-11(15(18)19)8-12(7-10)16-13(17)20-14(3,4)5/h6-9,18-19H,1-5H3,(H,16,17). The molecule has 1 aromatic carbocycles. The van der Waals surface area contributed by atoms with E-state index in [-0.39, 0.29) is 5.92 Å². The Balaban J connectivity index is 2.97. The number of rotatable bonds is 3. The van der Waals surface area contributed by atoms with Gasteiger partial charge in [0.1, 0.15) is 5.60 Å². The minimum absolute atomic E-state index is 0.202. The number of carbonyl (C=O) groups excluding carboxylic acids is 1. The molecule has 20 heavy (non-hydrogen) atoms. The SMILES string of the molecule is CC(C)c1cc(NC(=O)OC(C)(C)C)cc(B(O)O)c1. The van der Waals surface area contributed by atoms with Gasteiger partial charge in [0, 0.05) is 5.69 Å². The molecule has 1 rings (SSSR count). The van der Waals surface area contributed by atoms with E-state index in [4.69, 9.17) is 4.74 Å². The van der Waals surface area contributed by atoms with E-state index in [0.717, 1.165) is 5.56 Å². The van der Waals surface area contributed by atoms with Gasteiger partial charge in [-0.2, -0.15) is 0 Å². The highest BCUT2D eigenvalue weighted by molar-refractivity contribution is 6.58. The van der Waals surface area contributed by atoms with Crippen molar-refractivity contribution >= 4 is 24.4 Å².